The number of nitrogens with zero attached hydrogens (tertiary/aromatic N) is 5. The zero-order valence-corrected chi connectivity index (χ0v) is 16.5. The molecule has 2 aliphatic rings. The highest BCUT2D eigenvalue weighted by molar-refractivity contribution is 7.99. The Labute approximate surface area is 158 Å². The van der Waals surface area contributed by atoms with Crippen LogP contribution in [-0.4, -0.2) is 49.7 Å². The van der Waals surface area contributed by atoms with Crippen LogP contribution in [0.3, 0.4) is 0 Å². The molecular weight excluding hydrogens is 348 g/mol. The first-order chi connectivity index (χ1) is 12.6. The molecule has 140 valence electrons. The number of thioether (sulfide) groups is 1. The maximum absolute atomic E-state index is 6.02. The van der Waals surface area contributed by atoms with E-state index in [-0.39, 0.29) is 6.10 Å². The van der Waals surface area contributed by atoms with Crippen molar-refractivity contribution in [1.29, 1.82) is 0 Å². The summed E-state index contributed by atoms with van der Waals surface area (Å²) in [6.07, 6.45) is 4.46. The van der Waals surface area contributed by atoms with Crippen molar-refractivity contribution in [2.75, 3.05) is 18.8 Å². The van der Waals surface area contributed by atoms with Gasteiger partial charge in [-0.3, -0.25) is 0 Å². The van der Waals surface area contributed by atoms with Crippen LogP contribution in [0.1, 0.15) is 35.7 Å². The standard InChI is InChI=1S/C18H26N6OS/c1-11-15-9-14(25-17(15)21-12(2)20-11)10-26-18-23-22-16(24(18)3)8-13-4-6-19-7-5-13/h13-14,19H,4-10H2,1-3H3/t14-/m1/s1. The van der Waals surface area contributed by atoms with Crippen LogP contribution in [0.25, 0.3) is 0 Å². The molecule has 26 heavy (non-hydrogen) atoms. The van der Waals surface area contributed by atoms with Crippen molar-refractivity contribution >= 4 is 11.8 Å². The van der Waals surface area contributed by atoms with Crippen LogP contribution in [0.2, 0.25) is 0 Å². The van der Waals surface area contributed by atoms with Gasteiger partial charge < -0.3 is 14.6 Å². The molecule has 1 atom stereocenters. The van der Waals surface area contributed by atoms with Gasteiger partial charge in [-0.15, -0.1) is 10.2 Å². The fraction of sp³-hybridized carbons (Fsp3) is 0.667. The Bertz CT molecular complexity index is 786. The van der Waals surface area contributed by atoms with E-state index in [0.717, 1.165) is 71.5 Å². The van der Waals surface area contributed by atoms with Crippen molar-refractivity contribution in [3.05, 3.63) is 22.9 Å². The molecule has 0 aliphatic carbocycles. The summed E-state index contributed by atoms with van der Waals surface area (Å²) in [4.78, 5) is 8.87. The summed E-state index contributed by atoms with van der Waals surface area (Å²) in [5.74, 6) is 4.17. The van der Waals surface area contributed by atoms with E-state index in [1.54, 1.807) is 11.8 Å². The first-order valence-corrected chi connectivity index (χ1v) is 10.3. The van der Waals surface area contributed by atoms with Gasteiger partial charge in [-0.1, -0.05) is 11.8 Å². The molecule has 1 fully saturated rings. The van der Waals surface area contributed by atoms with E-state index in [0.29, 0.717) is 0 Å². The third kappa shape index (κ3) is 3.71. The summed E-state index contributed by atoms with van der Waals surface area (Å²) in [6.45, 7) is 6.17. The highest BCUT2D eigenvalue weighted by Gasteiger charge is 2.27. The predicted molar refractivity (Wildman–Crippen MR) is 101 cm³/mol. The van der Waals surface area contributed by atoms with Crippen LogP contribution >= 0.6 is 11.8 Å². The van der Waals surface area contributed by atoms with E-state index in [1.165, 1.54) is 12.8 Å². The summed E-state index contributed by atoms with van der Waals surface area (Å²) in [5.41, 5.74) is 2.17. The van der Waals surface area contributed by atoms with Crippen LogP contribution < -0.4 is 10.1 Å². The van der Waals surface area contributed by atoms with Gasteiger partial charge in [0.05, 0.1) is 0 Å². The highest BCUT2D eigenvalue weighted by atomic mass is 32.2. The third-order valence-electron chi connectivity index (χ3n) is 5.25. The molecule has 4 rings (SSSR count). The van der Waals surface area contributed by atoms with Gasteiger partial charge in [0.1, 0.15) is 17.8 Å². The quantitative estimate of drug-likeness (QED) is 0.800. The van der Waals surface area contributed by atoms with Gasteiger partial charge in [-0.25, -0.2) is 4.98 Å². The molecule has 8 heteroatoms. The number of aromatic nitrogens is 5. The van der Waals surface area contributed by atoms with Gasteiger partial charge in [0.25, 0.3) is 0 Å². The van der Waals surface area contributed by atoms with Gasteiger partial charge in [-0.05, 0) is 45.7 Å². The fourth-order valence-electron chi connectivity index (χ4n) is 3.72. The molecule has 0 radical (unpaired) electrons. The largest absolute Gasteiger partial charge is 0.473 e. The minimum absolute atomic E-state index is 0.120. The van der Waals surface area contributed by atoms with Crippen molar-refractivity contribution in [1.82, 2.24) is 30.0 Å². The molecule has 2 aliphatic heterocycles. The molecule has 7 nitrogen and oxygen atoms in total. The Morgan fingerprint density at radius 1 is 1.19 bits per heavy atom. The van der Waals surface area contributed by atoms with Gasteiger partial charge >= 0.3 is 0 Å². The molecule has 0 bridgehead atoms. The predicted octanol–water partition coefficient (Wildman–Crippen LogP) is 1.86. The molecule has 1 saturated heterocycles. The molecule has 0 aromatic carbocycles. The molecule has 0 saturated carbocycles. The van der Waals surface area contributed by atoms with Crippen molar-refractivity contribution in [2.24, 2.45) is 13.0 Å². The molecule has 0 unspecified atom stereocenters. The first kappa shape index (κ1) is 17.7. The molecule has 1 N–H and O–H groups in total. The molecule has 2 aromatic rings. The lowest BCUT2D eigenvalue weighted by atomic mass is 9.94. The zero-order chi connectivity index (χ0) is 18.1. The number of ether oxygens (including phenoxy) is 1. The Kier molecular flexibility index (Phi) is 5.13. The normalized spacial score (nSPS) is 20.2. The SMILES string of the molecule is Cc1nc(C)c2c(n1)O[C@@H](CSc1nnc(CC3CCNCC3)n1C)C2. The molecular formula is C18H26N6OS. The number of nitrogens with one attached hydrogen (secondary N) is 1. The minimum atomic E-state index is 0.120. The molecule has 0 amide bonds. The van der Waals surface area contributed by atoms with Gasteiger partial charge in [-0.2, -0.15) is 4.98 Å². The Morgan fingerprint density at radius 3 is 2.81 bits per heavy atom. The van der Waals surface area contributed by atoms with E-state index in [9.17, 15) is 0 Å². The number of piperidine rings is 1. The van der Waals surface area contributed by atoms with Crippen LogP contribution in [0.5, 0.6) is 5.88 Å². The van der Waals surface area contributed by atoms with E-state index in [4.69, 9.17) is 4.74 Å². The number of aryl methyl sites for hydroxylation is 2. The van der Waals surface area contributed by atoms with Crippen molar-refractivity contribution in [3.63, 3.8) is 0 Å². The van der Waals surface area contributed by atoms with E-state index in [1.807, 2.05) is 13.8 Å². The maximum atomic E-state index is 6.02. The first-order valence-electron chi connectivity index (χ1n) is 9.32. The summed E-state index contributed by atoms with van der Waals surface area (Å²) >= 11 is 1.71. The van der Waals surface area contributed by atoms with E-state index in [2.05, 4.69) is 37.1 Å². The lowest BCUT2D eigenvalue weighted by Crippen LogP contribution is -2.29. The van der Waals surface area contributed by atoms with Crippen LogP contribution in [0, 0.1) is 19.8 Å². The van der Waals surface area contributed by atoms with Gasteiger partial charge in [0.15, 0.2) is 5.16 Å². The molecule has 4 heterocycles. The summed E-state index contributed by atoms with van der Waals surface area (Å²) in [7, 11) is 2.07. The highest BCUT2D eigenvalue weighted by Crippen LogP contribution is 2.31. The summed E-state index contributed by atoms with van der Waals surface area (Å²) in [5, 5.41) is 13.2. The second kappa shape index (κ2) is 7.52. The average molecular weight is 375 g/mol. The smallest absolute Gasteiger partial charge is 0.220 e. The summed E-state index contributed by atoms with van der Waals surface area (Å²) in [6, 6.07) is 0. The van der Waals surface area contributed by atoms with Crippen molar-refractivity contribution in [2.45, 2.75) is 50.8 Å². The Hall–Kier alpha value is -1.67. The van der Waals surface area contributed by atoms with Gasteiger partial charge in [0, 0.05) is 36.9 Å². The van der Waals surface area contributed by atoms with Crippen molar-refractivity contribution < 1.29 is 4.74 Å². The van der Waals surface area contributed by atoms with Gasteiger partial charge in [0.2, 0.25) is 5.88 Å². The van der Waals surface area contributed by atoms with Crippen LogP contribution in [-0.2, 0) is 19.9 Å². The average Bonchev–Trinajstić information content (AvgIpc) is 3.18. The lowest BCUT2D eigenvalue weighted by Gasteiger charge is -2.21. The number of rotatable bonds is 5. The Balaban J connectivity index is 1.35. The van der Waals surface area contributed by atoms with Crippen LogP contribution in [0.4, 0.5) is 0 Å². The number of hydrogen-bond donors (Lipinski definition) is 1. The minimum Gasteiger partial charge on any atom is -0.473 e. The lowest BCUT2D eigenvalue weighted by molar-refractivity contribution is 0.250. The number of fused-ring (bicyclic) bond motifs is 1. The zero-order valence-electron chi connectivity index (χ0n) is 15.7. The monoisotopic (exact) mass is 374 g/mol. The van der Waals surface area contributed by atoms with E-state index < -0.39 is 0 Å². The van der Waals surface area contributed by atoms with Crippen molar-refractivity contribution in [3.8, 4) is 5.88 Å². The maximum Gasteiger partial charge on any atom is 0.220 e. The fourth-order valence-corrected chi connectivity index (χ4v) is 4.64. The molecule has 2 aromatic heterocycles. The topological polar surface area (TPSA) is 77.8 Å². The second-order valence-electron chi connectivity index (χ2n) is 7.25. The van der Waals surface area contributed by atoms with Crippen LogP contribution in [0.15, 0.2) is 5.16 Å². The number of hydrogen-bond acceptors (Lipinski definition) is 7. The molecule has 0 spiro atoms. The second-order valence-corrected chi connectivity index (χ2v) is 8.24. The van der Waals surface area contributed by atoms with E-state index >= 15 is 0 Å². The summed E-state index contributed by atoms with van der Waals surface area (Å²) < 4.78 is 8.17. The third-order valence-corrected chi connectivity index (χ3v) is 6.40. The Morgan fingerprint density at radius 2 is 2.00 bits per heavy atom.